The molecule has 0 amide bonds. The molecule has 1 N–H and O–H groups in total. The Kier molecular flexibility index (Phi) is 3.68. The van der Waals surface area contributed by atoms with Gasteiger partial charge in [-0.15, -0.1) is 5.10 Å². The highest BCUT2D eigenvalue weighted by molar-refractivity contribution is 9.10. The number of aromatic nitrogens is 2. The minimum atomic E-state index is 0.493. The van der Waals surface area contributed by atoms with Gasteiger partial charge in [0.05, 0.1) is 11.8 Å². The van der Waals surface area contributed by atoms with Crippen molar-refractivity contribution in [3.05, 3.63) is 52.1 Å². The molecule has 1 aromatic carbocycles. The van der Waals surface area contributed by atoms with E-state index >= 15 is 0 Å². The van der Waals surface area contributed by atoms with Gasteiger partial charge in [-0.05, 0) is 17.7 Å². The van der Waals surface area contributed by atoms with Gasteiger partial charge in [0, 0.05) is 11.0 Å². The summed E-state index contributed by atoms with van der Waals surface area (Å²) < 4.78 is 1.02. The van der Waals surface area contributed by atoms with Gasteiger partial charge >= 0.3 is 0 Å². The summed E-state index contributed by atoms with van der Waals surface area (Å²) in [5.74, 6) is 0.505. The van der Waals surface area contributed by atoms with Crippen LogP contribution in [-0.2, 0) is 6.54 Å². The Hall–Kier alpha value is -1.93. The number of anilines is 1. The molecule has 0 unspecified atom stereocenters. The third-order valence-electron chi connectivity index (χ3n) is 2.25. The van der Waals surface area contributed by atoms with Crippen molar-refractivity contribution in [3.63, 3.8) is 0 Å². The summed E-state index contributed by atoms with van der Waals surface area (Å²) in [6, 6.07) is 11.6. The first-order valence-corrected chi connectivity index (χ1v) is 5.79. The van der Waals surface area contributed by atoms with Crippen LogP contribution in [0.15, 0.2) is 41.0 Å². The second kappa shape index (κ2) is 5.41. The number of halogens is 1. The first kappa shape index (κ1) is 11.6. The maximum Gasteiger partial charge on any atom is 0.166 e. The molecular weight excluding hydrogens is 280 g/mol. The molecule has 0 aliphatic heterocycles. The summed E-state index contributed by atoms with van der Waals surface area (Å²) >= 11 is 3.46. The van der Waals surface area contributed by atoms with Crippen molar-refractivity contribution < 1.29 is 0 Å². The predicted octanol–water partition coefficient (Wildman–Crippen LogP) is 2.72. The van der Waals surface area contributed by atoms with Crippen LogP contribution < -0.4 is 5.32 Å². The summed E-state index contributed by atoms with van der Waals surface area (Å²) in [7, 11) is 0. The molecule has 2 aromatic rings. The van der Waals surface area contributed by atoms with Crippen LogP contribution in [0.2, 0.25) is 0 Å². The second-order valence-electron chi connectivity index (χ2n) is 3.35. The monoisotopic (exact) mass is 288 g/mol. The summed E-state index contributed by atoms with van der Waals surface area (Å²) in [4.78, 5) is 0. The zero-order valence-corrected chi connectivity index (χ0v) is 10.5. The van der Waals surface area contributed by atoms with E-state index in [1.807, 2.05) is 24.3 Å². The number of hydrogen-bond donors (Lipinski definition) is 1. The van der Waals surface area contributed by atoms with Crippen molar-refractivity contribution in [1.29, 1.82) is 5.26 Å². The highest BCUT2D eigenvalue weighted by atomic mass is 79.9. The normalized spacial score (nSPS) is 9.65. The molecule has 0 spiro atoms. The van der Waals surface area contributed by atoms with Gasteiger partial charge in [-0.1, -0.05) is 34.1 Å². The molecule has 0 atom stereocenters. The Morgan fingerprint density at radius 1 is 1.29 bits per heavy atom. The lowest BCUT2D eigenvalue weighted by Gasteiger charge is -2.07. The highest BCUT2D eigenvalue weighted by Crippen LogP contribution is 2.17. The van der Waals surface area contributed by atoms with Crippen LogP contribution in [0.25, 0.3) is 0 Å². The molecule has 2 rings (SSSR count). The van der Waals surface area contributed by atoms with E-state index in [0.717, 1.165) is 10.0 Å². The molecule has 0 aliphatic carbocycles. The van der Waals surface area contributed by atoms with Crippen LogP contribution in [-0.4, -0.2) is 10.2 Å². The Labute approximate surface area is 107 Å². The van der Waals surface area contributed by atoms with Gasteiger partial charge < -0.3 is 5.32 Å². The lowest BCUT2D eigenvalue weighted by molar-refractivity contribution is 0.992. The van der Waals surface area contributed by atoms with Crippen LogP contribution in [0.4, 0.5) is 5.82 Å². The molecule has 0 aliphatic rings. The summed E-state index contributed by atoms with van der Waals surface area (Å²) in [5, 5.41) is 19.6. The zero-order chi connectivity index (χ0) is 12.1. The maximum absolute atomic E-state index is 8.90. The van der Waals surface area contributed by atoms with Crippen LogP contribution in [0.1, 0.15) is 11.1 Å². The van der Waals surface area contributed by atoms with Crippen molar-refractivity contribution in [3.8, 4) is 6.07 Å². The molecule has 17 heavy (non-hydrogen) atoms. The molecule has 1 heterocycles. The zero-order valence-electron chi connectivity index (χ0n) is 8.89. The Balaban J connectivity index is 2.13. The third-order valence-corrected chi connectivity index (χ3v) is 3.02. The largest absolute Gasteiger partial charge is 0.363 e. The van der Waals surface area contributed by atoms with E-state index in [-0.39, 0.29) is 0 Å². The molecule has 0 fully saturated rings. The maximum atomic E-state index is 8.90. The molecule has 4 nitrogen and oxygen atoms in total. The first-order chi connectivity index (χ1) is 8.31. The van der Waals surface area contributed by atoms with E-state index < -0.39 is 0 Å². The van der Waals surface area contributed by atoms with Gasteiger partial charge in [0.2, 0.25) is 0 Å². The van der Waals surface area contributed by atoms with Crippen molar-refractivity contribution in [2.45, 2.75) is 6.54 Å². The molecular formula is C12H9BrN4. The minimum Gasteiger partial charge on any atom is -0.363 e. The van der Waals surface area contributed by atoms with Crippen LogP contribution >= 0.6 is 15.9 Å². The summed E-state index contributed by atoms with van der Waals surface area (Å²) in [6.07, 6.45) is 1.50. The van der Waals surface area contributed by atoms with Gasteiger partial charge in [-0.25, -0.2) is 0 Å². The smallest absolute Gasteiger partial charge is 0.166 e. The molecule has 0 saturated heterocycles. The molecule has 0 bridgehead atoms. The minimum absolute atomic E-state index is 0.493. The van der Waals surface area contributed by atoms with E-state index in [1.54, 1.807) is 6.07 Å². The average molecular weight is 289 g/mol. The third kappa shape index (κ3) is 2.80. The van der Waals surface area contributed by atoms with Crippen LogP contribution in [0, 0.1) is 11.3 Å². The van der Waals surface area contributed by atoms with Crippen LogP contribution in [0.3, 0.4) is 0 Å². The second-order valence-corrected chi connectivity index (χ2v) is 4.20. The van der Waals surface area contributed by atoms with Crippen molar-refractivity contribution >= 4 is 21.7 Å². The molecule has 0 radical (unpaired) electrons. The molecule has 84 valence electrons. The van der Waals surface area contributed by atoms with E-state index in [1.165, 1.54) is 6.20 Å². The van der Waals surface area contributed by atoms with Gasteiger partial charge in [-0.2, -0.15) is 10.4 Å². The number of benzene rings is 1. The number of nitrogens with one attached hydrogen (secondary N) is 1. The van der Waals surface area contributed by atoms with Gasteiger partial charge in [0.15, 0.2) is 5.82 Å². The topological polar surface area (TPSA) is 61.6 Å². The summed E-state index contributed by atoms with van der Waals surface area (Å²) in [5.41, 5.74) is 1.59. The van der Waals surface area contributed by atoms with Gasteiger partial charge in [-0.3, -0.25) is 0 Å². The number of rotatable bonds is 3. The van der Waals surface area contributed by atoms with E-state index in [9.17, 15) is 0 Å². The number of nitriles is 1. The van der Waals surface area contributed by atoms with Gasteiger partial charge in [0.25, 0.3) is 0 Å². The van der Waals surface area contributed by atoms with E-state index in [4.69, 9.17) is 5.26 Å². The van der Waals surface area contributed by atoms with E-state index in [0.29, 0.717) is 17.9 Å². The Morgan fingerprint density at radius 2 is 2.12 bits per heavy atom. The number of nitrogens with zero attached hydrogens (tertiary/aromatic N) is 3. The van der Waals surface area contributed by atoms with E-state index in [2.05, 4.69) is 37.5 Å². The quantitative estimate of drug-likeness (QED) is 0.943. The fraction of sp³-hybridized carbons (Fsp3) is 0.0833. The molecule has 0 saturated carbocycles. The van der Waals surface area contributed by atoms with Crippen LogP contribution in [0.5, 0.6) is 0 Å². The first-order valence-electron chi connectivity index (χ1n) is 5.00. The van der Waals surface area contributed by atoms with Gasteiger partial charge in [0.1, 0.15) is 6.07 Å². The Bertz CT molecular complexity index is 562. The standard InChI is InChI=1S/C12H9BrN4/c13-11-4-2-1-3-10(11)8-15-12-9(7-14)5-6-16-17-12/h1-6H,8H2,(H,15,17). The lowest BCUT2D eigenvalue weighted by atomic mass is 10.2. The Morgan fingerprint density at radius 3 is 2.88 bits per heavy atom. The molecule has 5 heteroatoms. The van der Waals surface area contributed by atoms with Crippen molar-refractivity contribution in [1.82, 2.24) is 10.2 Å². The lowest BCUT2D eigenvalue weighted by Crippen LogP contribution is -2.04. The number of hydrogen-bond acceptors (Lipinski definition) is 4. The summed E-state index contributed by atoms with van der Waals surface area (Å²) in [6.45, 7) is 0.592. The predicted molar refractivity (Wildman–Crippen MR) is 68.2 cm³/mol. The SMILES string of the molecule is N#Cc1ccnnc1NCc1ccccc1Br. The molecule has 1 aromatic heterocycles. The highest BCUT2D eigenvalue weighted by Gasteiger charge is 2.04. The van der Waals surface area contributed by atoms with Crippen molar-refractivity contribution in [2.75, 3.05) is 5.32 Å². The fourth-order valence-corrected chi connectivity index (χ4v) is 1.80. The van der Waals surface area contributed by atoms with Crippen molar-refractivity contribution in [2.24, 2.45) is 0 Å². The average Bonchev–Trinajstić information content (AvgIpc) is 2.38. The fourth-order valence-electron chi connectivity index (χ4n) is 1.37.